The lowest BCUT2D eigenvalue weighted by Crippen LogP contribution is -2.33. The van der Waals surface area contributed by atoms with E-state index in [4.69, 9.17) is 5.11 Å². The van der Waals surface area contributed by atoms with E-state index >= 15 is 0 Å². The Hall–Kier alpha value is -0.870. The van der Waals surface area contributed by atoms with Gasteiger partial charge in [-0.1, -0.05) is 34.1 Å². The Balaban J connectivity index is 2.38. The summed E-state index contributed by atoms with van der Waals surface area (Å²) >= 11 is 3.43. The number of aliphatic hydroxyl groups excluding tert-OH is 1. The summed E-state index contributed by atoms with van der Waals surface area (Å²) in [6, 6.07) is 7.86. The van der Waals surface area contributed by atoms with Gasteiger partial charge in [0.1, 0.15) is 6.10 Å². The summed E-state index contributed by atoms with van der Waals surface area (Å²) in [6.45, 7) is 1.99. The van der Waals surface area contributed by atoms with E-state index in [1.54, 1.807) is 0 Å². The van der Waals surface area contributed by atoms with Gasteiger partial charge in [-0.15, -0.1) is 0 Å². The molecule has 3 nitrogen and oxygen atoms in total. The Kier molecular flexibility index (Phi) is 4.78. The van der Waals surface area contributed by atoms with Gasteiger partial charge in [0, 0.05) is 11.0 Å². The molecule has 82 valence electrons. The number of nitrogens with one attached hydrogen (secondary N) is 1. The van der Waals surface area contributed by atoms with Crippen LogP contribution in [0.15, 0.2) is 28.7 Å². The number of rotatable bonds is 4. The zero-order valence-electron chi connectivity index (χ0n) is 8.53. The maximum atomic E-state index is 11.0. The number of amides is 1. The second-order valence-corrected chi connectivity index (χ2v) is 4.16. The van der Waals surface area contributed by atoms with Crippen molar-refractivity contribution in [2.45, 2.75) is 19.4 Å². The third kappa shape index (κ3) is 4.01. The molecular formula is C11H14BrNO2. The minimum atomic E-state index is -0.941. The summed E-state index contributed by atoms with van der Waals surface area (Å²) in [5.41, 5.74) is 1.14. The number of hydrogen-bond acceptors (Lipinski definition) is 2. The van der Waals surface area contributed by atoms with Crippen molar-refractivity contribution in [1.29, 1.82) is 0 Å². The number of aliphatic hydroxyl groups is 1. The van der Waals surface area contributed by atoms with Gasteiger partial charge in [-0.3, -0.25) is 4.79 Å². The summed E-state index contributed by atoms with van der Waals surface area (Å²) < 4.78 is 1.04. The largest absolute Gasteiger partial charge is 0.384 e. The summed E-state index contributed by atoms with van der Waals surface area (Å²) in [7, 11) is 0. The normalized spacial score (nSPS) is 12.2. The fraction of sp³-hybridized carbons (Fsp3) is 0.364. The monoisotopic (exact) mass is 271 g/mol. The predicted octanol–water partition coefficient (Wildman–Crippen LogP) is 1.49. The minimum Gasteiger partial charge on any atom is -0.384 e. The molecular weight excluding hydrogens is 258 g/mol. The smallest absolute Gasteiger partial charge is 0.248 e. The Morgan fingerprint density at radius 1 is 1.53 bits per heavy atom. The highest BCUT2D eigenvalue weighted by Crippen LogP contribution is 2.15. The number of carbonyl (C=O) groups is 1. The number of halogens is 1. The highest BCUT2D eigenvalue weighted by molar-refractivity contribution is 9.10. The van der Waals surface area contributed by atoms with Crippen LogP contribution in [0.3, 0.4) is 0 Å². The predicted molar refractivity (Wildman–Crippen MR) is 62.5 cm³/mol. The maximum Gasteiger partial charge on any atom is 0.248 e. The van der Waals surface area contributed by atoms with Crippen molar-refractivity contribution in [2.75, 3.05) is 6.54 Å². The minimum absolute atomic E-state index is 0.331. The van der Waals surface area contributed by atoms with Crippen LogP contribution in [0.1, 0.15) is 12.5 Å². The van der Waals surface area contributed by atoms with Gasteiger partial charge in [0.15, 0.2) is 0 Å². The van der Waals surface area contributed by atoms with Crippen LogP contribution in [-0.2, 0) is 11.2 Å². The Bertz CT molecular complexity index is 339. The average Bonchev–Trinajstić information content (AvgIpc) is 2.20. The number of benzene rings is 1. The van der Waals surface area contributed by atoms with Crippen molar-refractivity contribution in [3.63, 3.8) is 0 Å². The van der Waals surface area contributed by atoms with Crippen LogP contribution in [0.2, 0.25) is 0 Å². The van der Waals surface area contributed by atoms with Gasteiger partial charge in [0.05, 0.1) is 0 Å². The van der Waals surface area contributed by atoms with Crippen molar-refractivity contribution in [2.24, 2.45) is 0 Å². The molecule has 1 rings (SSSR count). The average molecular weight is 272 g/mol. The van der Waals surface area contributed by atoms with Crippen molar-refractivity contribution < 1.29 is 9.90 Å². The topological polar surface area (TPSA) is 49.3 Å². The molecule has 0 bridgehead atoms. The molecule has 2 N–H and O–H groups in total. The first kappa shape index (κ1) is 12.2. The number of hydrogen-bond donors (Lipinski definition) is 2. The molecule has 1 amide bonds. The second-order valence-electron chi connectivity index (χ2n) is 3.31. The molecule has 0 aliphatic carbocycles. The molecule has 4 heteroatoms. The van der Waals surface area contributed by atoms with E-state index in [0.29, 0.717) is 6.54 Å². The van der Waals surface area contributed by atoms with Crippen molar-refractivity contribution in [3.8, 4) is 0 Å². The zero-order chi connectivity index (χ0) is 11.3. The molecule has 0 fully saturated rings. The molecule has 0 saturated carbocycles. The maximum absolute atomic E-state index is 11.0. The van der Waals surface area contributed by atoms with Crippen LogP contribution < -0.4 is 5.32 Å². The lowest BCUT2D eigenvalue weighted by molar-refractivity contribution is -0.128. The summed E-state index contributed by atoms with van der Waals surface area (Å²) in [4.78, 5) is 11.0. The first-order valence-corrected chi connectivity index (χ1v) is 5.59. The first-order valence-electron chi connectivity index (χ1n) is 4.80. The van der Waals surface area contributed by atoms with Crippen molar-refractivity contribution >= 4 is 21.8 Å². The van der Waals surface area contributed by atoms with Gasteiger partial charge >= 0.3 is 0 Å². The highest BCUT2D eigenvalue weighted by Gasteiger charge is 2.07. The summed E-state index contributed by atoms with van der Waals surface area (Å²) in [5, 5.41) is 11.6. The highest BCUT2D eigenvalue weighted by atomic mass is 79.9. The van der Waals surface area contributed by atoms with Gasteiger partial charge in [0.2, 0.25) is 5.91 Å². The molecule has 1 unspecified atom stereocenters. The van der Waals surface area contributed by atoms with Gasteiger partial charge in [-0.25, -0.2) is 0 Å². The molecule has 0 spiro atoms. The molecule has 15 heavy (non-hydrogen) atoms. The van der Waals surface area contributed by atoms with Crippen LogP contribution in [0.25, 0.3) is 0 Å². The van der Waals surface area contributed by atoms with Gasteiger partial charge in [-0.05, 0) is 25.0 Å². The Labute approximate surface area is 97.6 Å². The summed E-state index contributed by atoms with van der Waals surface area (Å²) in [5.74, 6) is -0.331. The SMILES string of the molecule is CC(O)C(=O)NCCc1ccccc1Br. The van der Waals surface area contributed by atoms with Gasteiger partial charge in [0.25, 0.3) is 0 Å². The fourth-order valence-corrected chi connectivity index (χ4v) is 1.65. The summed E-state index contributed by atoms with van der Waals surface area (Å²) in [6.07, 6.45) is -0.191. The van der Waals surface area contributed by atoms with Gasteiger partial charge in [-0.2, -0.15) is 0 Å². The van der Waals surface area contributed by atoms with Gasteiger partial charge < -0.3 is 10.4 Å². The molecule has 1 aromatic rings. The third-order valence-electron chi connectivity index (χ3n) is 2.03. The van der Waals surface area contributed by atoms with Crippen LogP contribution in [-0.4, -0.2) is 23.7 Å². The van der Waals surface area contributed by atoms with Crippen molar-refractivity contribution in [1.82, 2.24) is 5.32 Å². The lowest BCUT2D eigenvalue weighted by Gasteiger charge is -2.07. The van der Waals surface area contributed by atoms with Crippen LogP contribution in [0, 0.1) is 0 Å². The molecule has 0 heterocycles. The molecule has 1 aromatic carbocycles. The molecule has 0 saturated heterocycles. The van der Waals surface area contributed by atoms with Crippen LogP contribution in [0.4, 0.5) is 0 Å². The number of carbonyl (C=O) groups excluding carboxylic acids is 1. The quantitative estimate of drug-likeness (QED) is 0.872. The van der Waals surface area contributed by atoms with Crippen LogP contribution >= 0.6 is 15.9 Å². The second kappa shape index (κ2) is 5.88. The van der Waals surface area contributed by atoms with Crippen molar-refractivity contribution in [3.05, 3.63) is 34.3 Å². The zero-order valence-corrected chi connectivity index (χ0v) is 10.1. The van der Waals surface area contributed by atoms with E-state index in [1.165, 1.54) is 6.92 Å². The van der Waals surface area contributed by atoms with E-state index in [1.807, 2.05) is 24.3 Å². The van der Waals surface area contributed by atoms with E-state index in [9.17, 15) is 4.79 Å². The molecule has 0 radical (unpaired) electrons. The molecule has 1 atom stereocenters. The molecule has 0 aliphatic heterocycles. The van der Waals surface area contributed by atoms with E-state index in [2.05, 4.69) is 21.2 Å². The Morgan fingerprint density at radius 2 is 2.20 bits per heavy atom. The molecule has 0 aliphatic rings. The lowest BCUT2D eigenvalue weighted by atomic mass is 10.1. The fourth-order valence-electron chi connectivity index (χ4n) is 1.17. The molecule has 0 aromatic heterocycles. The standard InChI is InChI=1S/C11H14BrNO2/c1-8(14)11(15)13-7-6-9-4-2-3-5-10(9)12/h2-5,8,14H,6-7H2,1H3,(H,13,15). The van der Waals surface area contributed by atoms with Crippen LogP contribution in [0.5, 0.6) is 0 Å². The Morgan fingerprint density at radius 3 is 2.80 bits per heavy atom. The third-order valence-corrected chi connectivity index (χ3v) is 2.80. The first-order chi connectivity index (χ1) is 7.11. The van der Waals surface area contributed by atoms with E-state index < -0.39 is 6.10 Å². The van der Waals surface area contributed by atoms with E-state index in [-0.39, 0.29) is 5.91 Å². The van der Waals surface area contributed by atoms with E-state index in [0.717, 1.165) is 16.5 Å².